The highest BCUT2D eigenvalue weighted by molar-refractivity contribution is 5.95. The van der Waals surface area contributed by atoms with Crippen LogP contribution in [0, 0.1) is 6.92 Å². The molecule has 1 amide bonds. The summed E-state index contributed by atoms with van der Waals surface area (Å²) in [5, 5.41) is 2.90. The molecule has 0 radical (unpaired) electrons. The Hall–Kier alpha value is -2.80. The summed E-state index contributed by atoms with van der Waals surface area (Å²) in [4.78, 5) is 28.3. The largest absolute Gasteiger partial charge is 0.486 e. The molecular formula is C25H33N3O4. The van der Waals surface area contributed by atoms with Gasteiger partial charge in [-0.05, 0) is 51.4 Å². The Labute approximate surface area is 189 Å². The molecule has 172 valence electrons. The van der Waals surface area contributed by atoms with Crippen molar-refractivity contribution in [2.24, 2.45) is 0 Å². The Balaban J connectivity index is 1.45. The average molecular weight is 440 g/mol. The second-order valence-corrected chi connectivity index (χ2v) is 8.59. The number of fused-ring (bicyclic) bond motifs is 1. The van der Waals surface area contributed by atoms with E-state index >= 15 is 0 Å². The Morgan fingerprint density at radius 3 is 2.62 bits per heavy atom. The van der Waals surface area contributed by atoms with E-state index in [0.717, 1.165) is 37.6 Å². The smallest absolute Gasteiger partial charge is 0.257 e. The molecule has 1 N–H and O–H groups in total. The normalized spacial score (nSPS) is 18.4. The van der Waals surface area contributed by atoms with E-state index < -0.39 is 0 Å². The molecule has 2 aliphatic rings. The van der Waals surface area contributed by atoms with Crippen LogP contribution in [-0.2, 0) is 13.0 Å². The monoisotopic (exact) mass is 439 g/mol. The van der Waals surface area contributed by atoms with Crippen LogP contribution in [0.25, 0.3) is 0 Å². The molecular weight excluding hydrogens is 406 g/mol. The van der Waals surface area contributed by atoms with Crippen molar-refractivity contribution in [2.75, 3.05) is 32.8 Å². The minimum Gasteiger partial charge on any atom is -0.486 e. The molecule has 1 fully saturated rings. The Kier molecular flexibility index (Phi) is 7.15. The lowest BCUT2D eigenvalue weighted by atomic mass is 10.1. The SMILES string of the molecule is CCc1c(C(=O)NCC2COc3ccccc3O2)c(=O)cc(C)n1CCN1CCCCC1. The molecule has 1 atom stereocenters. The highest BCUT2D eigenvalue weighted by atomic mass is 16.6. The zero-order valence-corrected chi connectivity index (χ0v) is 19.1. The maximum atomic E-state index is 13.1. The molecule has 4 rings (SSSR count). The first-order chi connectivity index (χ1) is 15.6. The summed E-state index contributed by atoms with van der Waals surface area (Å²) < 4.78 is 13.8. The fraction of sp³-hybridized carbons (Fsp3) is 0.520. The van der Waals surface area contributed by atoms with Gasteiger partial charge in [-0.1, -0.05) is 25.5 Å². The maximum Gasteiger partial charge on any atom is 0.257 e. The molecule has 32 heavy (non-hydrogen) atoms. The molecule has 1 saturated heterocycles. The lowest BCUT2D eigenvalue weighted by Crippen LogP contribution is -2.42. The van der Waals surface area contributed by atoms with Crippen LogP contribution in [0.5, 0.6) is 11.5 Å². The topological polar surface area (TPSA) is 72.8 Å². The molecule has 2 aromatic rings. The van der Waals surface area contributed by atoms with E-state index in [4.69, 9.17) is 9.47 Å². The first-order valence-electron chi connectivity index (χ1n) is 11.7. The lowest BCUT2D eigenvalue weighted by Gasteiger charge is -2.28. The first-order valence-corrected chi connectivity index (χ1v) is 11.7. The van der Waals surface area contributed by atoms with Crippen molar-refractivity contribution in [1.82, 2.24) is 14.8 Å². The maximum absolute atomic E-state index is 13.1. The summed E-state index contributed by atoms with van der Waals surface area (Å²) in [6.07, 6.45) is 4.12. The second-order valence-electron chi connectivity index (χ2n) is 8.59. The van der Waals surface area contributed by atoms with E-state index in [0.29, 0.717) is 24.5 Å². The van der Waals surface area contributed by atoms with Crippen LogP contribution >= 0.6 is 0 Å². The summed E-state index contributed by atoms with van der Waals surface area (Å²) in [6, 6.07) is 9.07. The van der Waals surface area contributed by atoms with Gasteiger partial charge in [0, 0.05) is 30.5 Å². The molecule has 1 aromatic heterocycles. The number of benzene rings is 1. The number of aryl methyl sites for hydroxylation is 1. The van der Waals surface area contributed by atoms with Gasteiger partial charge < -0.3 is 24.3 Å². The number of carbonyl (C=O) groups is 1. The molecule has 1 unspecified atom stereocenters. The van der Waals surface area contributed by atoms with Gasteiger partial charge in [0.2, 0.25) is 0 Å². The molecule has 2 aliphatic heterocycles. The van der Waals surface area contributed by atoms with Gasteiger partial charge in [-0.15, -0.1) is 0 Å². The van der Waals surface area contributed by atoms with Crippen LogP contribution in [0.4, 0.5) is 0 Å². The third kappa shape index (κ3) is 4.99. The van der Waals surface area contributed by atoms with Crippen molar-refractivity contribution in [3.63, 3.8) is 0 Å². The molecule has 0 spiro atoms. The molecule has 7 heteroatoms. The van der Waals surface area contributed by atoms with Gasteiger partial charge >= 0.3 is 0 Å². The van der Waals surface area contributed by atoms with Crippen LogP contribution in [0.2, 0.25) is 0 Å². The van der Waals surface area contributed by atoms with Crippen molar-refractivity contribution in [3.05, 3.63) is 57.5 Å². The van der Waals surface area contributed by atoms with Crippen molar-refractivity contribution in [2.45, 2.75) is 52.2 Å². The van der Waals surface area contributed by atoms with Crippen LogP contribution in [0.15, 0.2) is 35.1 Å². The molecule has 3 heterocycles. The number of rotatable bonds is 7. The van der Waals surface area contributed by atoms with Gasteiger partial charge in [-0.25, -0.2) is 0 Å². The Bertz CT molecular complexity index is 1010. The molecule has 7 nitrogen and oxygen atoms in total. The number of likely N-dealkylation sites (tertiary alicyclic amines) is 1. The Morgan fingerprint density at radius 1 is 1.12 bits per heavy atom. The molecule has 0 aliphatic carbocycles. The summed E-state index contributed by atoms with van der Waals surface area (Å²) in [5.74, 6) is 1.03. The van der Waals surface area contributed by atoms with Crippen molar-refractivity contribution in [3.8, 4) is 11.5 Å². The van der Waals surface area contributed by atoms with E-state index in [2.05, 4.69) is 14.8 Å². The van der Waals surface area contributed by atoms with E-state index in [-0.39, 0.29) is 29.5 Å². The van der Waals surface area contributed by atoms with Gasteiger partial charge in [0.1, 0.15) is 18.3 Å². The van der Waals surface area contributed by atoms with Gasteiger partial charge in [0.25, 0.3) is 5.91 Å². The number of hydrogen-bond donors (Lipinski definition) is 1. The summed E-state index contributed by atoms with van der Waals surface area (Å²) >= 11 is 0. The number of nitrogens with one attached hydrogen (secondary N) is 1. The van der Waals surface area contributed by atoms with Crippen LogP contribution in [0.3, 0.4) is 0 Å². The number of carbonyl (C=O) groups excluding carboxylic acids is 1. The highest BCUT2D eigenvalue weighted by Crippen LogP contribution is 2.30. The number of hydrogen-bond acceptors (Lipinski definition) is 5. The van der Waals surface area contributed by atoms with Gasteiger partial charge in [-0.2, -0.15) is 0 Å². The second kappa shape index (κ2) is 10.2. The number of pyridine rings is 1. The minimum atomic E-state index is -0.346. The third-order valence-electron chi connectivity index (χ3n) is 6.33. The quantitative estimate of drug-likeness (QED) is 0.718. The van der Waals surface area contributed by atoms with E-state index in [1.54, 1.807) is 6.07 Å². The summed E-state index contributed by atoms with van der Waals surface area (Å²) in [5.41, 5.74) is 1.72. The van der Waals surface area contributed by atoms with Crippen molar-refractivity contribution in [1.29, 1.82) is 0 Å². The standard InChI is InChI=1S/C25H33N3O4/c1-3-20-24(21(29)15-18(2)28(20)14-13-27-11-7-4-8-12-27)25(30)26-16-19-17-31-22-9-5-6-10-23(22)32-19/h5-6,9-10,15,19H,3-4,7-8,11-14,16-17H2,1-2H3,(H,26,30). The average Bonchev–Trinajstić information content (AvgIpc) is 2.82. The van der Waals surface area contributed by atoms with Crippen LogP contribution in [0.1, 0.15) is 47.9 Å². The number of amides is 1. The number of nitrogens with zero attached hydrogens (tertiary/aromatic N) is 2. The summed E-state index contributed by atoms with van der Waals surface area (Å²) in [6.45, 7) is 8.54. The van der Waals surface area contributed by atoms with Gasteiger partial charge in [-0.3, -0.25) is 9.59 Å². The Morgan fingerprint density at radius 2 is 1.88 bits per heavy atom. The van der Waals surface area contributed by atoms with Crippen LogP contribution < -0.4 is 20.2 Å². The lowest BCUT2D eigenvalue weighted by molar-refractivity contribution is 0.0787. The van der Waals surface area contributed by atoms with Crippen LogP contribution in [-0.4, -0.2) is 54.3 Å². The van der Waals surface area contributed by atoms with Gasteiger partial charge in [0.15, 0.2) is 16.9 Å². The number of aromatic nitrogens is 1. The summed E-state index contributed by atoms with van der Waals surface area (Å²) in [7, 11) is 0. The van der Waals surface area contributed by atoms with E-state index in [1.807, 2.05) is 38.1 Å². The highest BCUT2D eigenvalue weighted by Gasteiger charge is 2.24. The molecule has 1 aromatic carbocycles. The fourth-order valence-corrected chi connectivity index (χ4v) is 4.63. The predicted molar refractivity (Wildman–Crippen MR) is 124 cm³/mol. The van der Waals surface area contributed by atoms with Crippen molar-refractivity contribution >= 4 is 5.91 Å². The van der Waals surface area contributed by atoms with E-state index in [1.165, 1.54) is 19.3 Å². The first kappa shape index (κ1) is 22.4. The molecule has 0 bridgehead atoms. The zero-order valence-electron chi connectivity index (χ0n) is 19.1. The number of piperidine rings is 1. The third-order valence-corrected chi connectivity index (χ3v) is 6.33. The molecule has 0 saturated carbocycles. The number of ether oxygens (including phenoxy) is 2. The predicted octanol–water partition coefficient (Wildman–Crippen LogP) is 2.77. The zero-order chi connectivity index (χ0) is 22.5. The van der Waals surface area contributed by atoms with Gasteiger partial charge in [0.05, 0.1) is 6.54 Å². The fourth-order valence-electron chi connectivity index (χ4n) is 4.63. The minimum absolute atomic E-state index is 0.225. The van der Waals surface area contributed by atoms with Crippen molar-refractivity contribution < 1.29 is 14.3 Å². The number of para-hydroxylation sites is 2. The van der Waals surface area contributed by atoms with E-state index in [9.17, 15) is 9.59 Å².